The van der Waals surface area contributed by atoms with Crippen molar-refractivity contribution in [3.8, 4) is 0 Å². The summed E-state index contributed by atoms with van der Waals surface area (Å²) >= 11 is 0. The van der Waals surface area contributed by atoms with Gasteiger partial charge in [-0.25, -0.2) is 13.1 Å². The largest absolute Gasteiger partial charge is 0.317 e. The van der Waals surface area contributed by atoms with E-state index in [-0.39, 0.29) is 6.04 Å². The van der Waals surface area contributed by atoms with E-state index in [9.17, 15) is 8.42 Å². The molecule has 2 aliphatic carbocycles. The molecule has 14 heavy (non-hydrogen) atoms. The highest BCUT2D eigenvalue weighted by Gasteiger charge is 2.52. The van der Waals surface area contributed by atoms with Crippen LogP contribution in [-0.2, 0) is 10.0 Å². The molecule has 0 amide bonds. The third kappa shape index (κ3) is 1.94. The molecular formula is C9H18N2O2S. The van der Waals surface area contributed by atoms with Crippen LogP contribution in [0.15, 0.2) is 0 Å². The molecule has 0 aliphatic heterocycles. The lowest BCUT2D eigenvalue weighted by molar-refractivity contribution is -0.0203. The molecule has 0 aromatic carbocycles. The molecule has 5 heteroatoms. The Balaban J connectivity index is 1.76. The van der Waals surface area contributed by atoms with E-state index in [0.29, 0.717) is 11.5 Å². The highest BCUT2D eigenvalue weighted by Crippen LogP contribution is 2.55. The first-order chi connectivity index (χ1) is 6.42. The van der Waals surface area contributed by atoms with E-state index in [1.165, 1.54) is 19.1 Å². The molecule has 0 saturated heterocycles. The molecule has 0 aromatic heterocycles. The predicted octanol–water partition coefficient (Wildman–Crippen LogP) is 0.0662. The lowest BCUT2D eigenvalue weighted by atomic mass is 9.52. The summed E-state index contributed by atoms with van der Waals surface area (Å²) in [6.07, 6.45) is 5.71. The molecule has 4 nitrogen and oxygen atoms in total. The maximum absolute atomic E-state index is 10.9. The van der Waals surface area contributed by atoms with Crippen LogP contribution in [0.1, 0.15) is 25.7 Å². The number of sulfonamides is 1. The first-order valence-electron chi connectivity index (χ1n) is 5.07. The maximum atomic E-state index is 10.9. The number of nitrogens with one attached hydrogen (secondary N) is 2. The van der Waals surface area contributed by atoms with Gasteiger partial charge in [-0.05, 0) is 38.1 Å². The first-order valence-corrected chi connectivity index (χ1v) is 6.96. The van der Waals surface area contributed by atoms with Gasteiger partial charge in [-0.15, -0.1) is 0 Å². The Morgan fingerprint density at radius 2 is 1.64 bits per heavy atom. The van der Waals surface area contributed by atoms with Gasteiger partial charge in [-0.2, -0.15) is 0 Å². The Labute approximate surface area is 85.5 Å². The minimum absolute atomic E-state index is 0.197. The van der Waals surface area contributed by atoms with Crippen molar-refractivity contribution in [2.24, 2.45) is 5.41 Å². The predicted molar refractivity (Wildman–Crippen MR) is 55.5 cm³/mol. The summed E-state index contributed by atoms with van der Waals surface area (Å²) in [5, 5.41) is 3.25. The van der Waals surface area contributed by atoms with Crippen LogP contribution in [0.25, 0.3) is 0 Å². The normalized spacial score (nSPS) is 41.9. The highest BCUT2D eigenvalue weighted by atomic mass is 32.2. The van der Waals surface area contributed by atoms with Crippen molar-refractivity contribution in [2.75, 3.05) is 13.3 Å². The minimum atomic E-state index is -3.00. The first kappa shape index (κ1) is 10.4. The average molecular weight is 218 g/mol. The van der Waals surface area contributed by atoms with Gasteiger partial charge in [0.2, 0.25) is 10.0 Å². The summed E-state index contributed by atoms with van der Waals surface area (Å²) in [5.41, 5.74) is 0.468. The lowest BCUT2D eigenvalue weighted by Crippen LogP contribution is -2.59. The van der Waals surface area contributed by atoms with Crippen LogP contribution in [0.3, 0.4) is 0 Å². The maximum Gasteiger partial charge on any atom is 0.208 e. The fraction of sp³-hybridized carbons (Fsp3) is 1.00. The van der Waals surface area contributed by atoms with Crippen LogP contribution < -0.4 is 10.0 Å². The summed E-state index contributed by atoms with van der Waals surface area (Å²) in [5.74, 6) is 0. The van der Waals surface area contributed by atoms with Crippen LogP contribution >= 0.6 is 0 Å². The van der Waals surface area contributed by atoms with Crippen LogP contribution in [-0.4, -0.2) is 33.8 Å². The van der Waals surface area contributed by atoms with E-state index in [1.807, 2.05) is 7.05 Å². The van der Waals surface area contributed by atoms with E-state index in [4.69, 9.17) is 0 Å². The zero-order valence-electron chi connectivity index (χ0n) is 8.71. The number of hydrogen-bond donors (Lipinski definition) is 2. The molecule has 2 saturated carbocycles. The fourth-order valence-electron chi connectivity index (χ4n) is 2.89. The average Bonchev–Trinajstić information content (AvgIpc) is 1.88. The van der Waals surface area contributed by atoms with Crippen LogP contribution in [0.4, 0.5) is 0 Å². The van der Waals surface area contributed by atoms with Gasteiger partial charge in [0, 0.05) is 12.1 Å². The summed E-state index contributed by atoms with van der Waals surface area (Å²) in [6.45, 7) is 0. The second-order valence-electron chi connectivity index (χ2n) is 4.89. The zero-order valence-corrected chi connectivity index (χ0v) is 9.52. The van der Waals surface area contributed by atoms with Crippen LogP contribution in [0.5, 0.6) is 0 Å². The van der Waals surface area contributed by atoms with Crippen molar-refractivity contribution in [1.29, 1.82) is 0 Å². The standard InChI is InChI=1S/C9H18N2O2S/c1-10-7-3-9(4-7)5-8(6-9)11-14(2,12)13/h7-8,10-11H,3-6H2,1-2H3. The van der Waals surface area contributed by atoms with Crippen molar-refractivity contribution in [3.63, 3.8) is 0 Å². The van der Waals surface area contributed by atoms with E-state index < -0.39 is 10.0 Å². The van der Waals surface area contributed by atoms with Crippen molar-refractivity contribution in [3.05, 3.63) is 0 Å². The van der Waals surface area contributed by atoms with Gasteiger partial charge in [-0.3, -0.25) is 0 Å². The van der Waals surface area contributed by atoms with Gasteiger partial charge in [-0.1, -0.05) is 0 Å². The van der Waals surface area contributed by atoms with Crippen LogP contribution in [0, 0.1) is 5.41 Å². The molecule has 2 N–H and O–H groups in total. The molecular weight excluding hydrogens is 200 g/mol. The van der Waals surface area contributed by atoms with Gasteiger partial charge < -0.3 is 5.32 Å². The summed E-state index contributed by atoms with van der Waals surface area (Å²) in [7, 11) is -1.01. The molecule has 2 rings (SSSR count). The molecule has 0 unspecified atom stereocenters. The molecule has 2 fully saturated rings. The molecule has 2 aliphatic rings. The second-order valence-corrected chi connectivity index (χ2v) is 6.67. The van der Waals surface area contributed by atoms with Gasteiger partial charge in [0.1, 0.15) is 0 Å². The molecule has 0 heterocycles. The van der Waals surface area contributed by atoms with Gasteiger partial charge >= 0.3 is 0 Å². The van der Waals surface area contributed by atoms with E-state index in [0.717, 1.165) is 12.8 Å². The Hall–Kier alpha value is -0.130. The Kier molecular flexibility index (Phi) is 2.36. The van der Waals surface area contributed by atoms with Crippen molar-refractivity contribution in [2.45, 2.75) is 37.8 Å². The topological polar surface area (TPSA) is 58.2 Å². The number of hydrogen-bond acceptors (Lipinski definition) is 3. The number of rotatable bonds is 3. The fourth-order valence-corrected chi connectivity index (χ4v) is 3.67. The van der Waals surface area contributed by atoms with E-state index in [1.54, 1.807) is 0 Å². The third-order valence-corrected chi connectivity index (χ3v) is 4.27. The second kappa shape index (κ2) is 3.18. The van der Waals surface area contributed by atoms with Crippen molar-refractivity contribution in [1.82, 2.24) is 10.0 Å². The third-order valence-electron chi connectivity index (χ3n) is 3.51. The molecule has 0 aromatic rings. The van der Waals surface area contributed by atoms with Gasteiger partial charge in [0.25, 0.3) is 0 Å². The smallest absolute Gasteiger partial charge is 0.208 e. The molecule has 0 bridgehead atoms. The van der Waals surface area contributed by atoms with Crippen molar-refractivity contribution < 1.29 is 8.42 Å². The SMILES string of the molecule is CNC1CC2(C1)CC(NS(C)(=O)=O)C2. The quantitative estimate of drug-likeness (QED) is 0.704. The van der Waals surface area contributed by atoms with Gasteiger partial charge in [0.15, 0.2) is 0 Å². The molecule has 82 valence electrons. The Morgan fingerprint density at radius 3 is 2.07 bits per heavy atom. The van der Waals surface area contributed by atoms with Crippen molar-refractivity contribution >= 4 is 10.0 Å². The Bertz CT molecular complexity index is 312. The van der Waals surface area contributed by atoms with E-state index in [2.05, 4.69) is 10.0 Å². The summed E-state index contributed by atoms with van der Waals surface area (Å²) < 4.78 is 24.6. The summed E-state index contributed by atoms with van der Waals surface area (Å²) in [4.78, 5) is 0. The molecule has 1 spiro atoms. The van der Waals surface area contributed by atoms with Crippen LogP contribution in [0.2, 0.25) is 0 Å². The summed E-state index contributed by atoms with van der Waals surface area (Å²) in [6, 6.07) is 0.858. The lowest BCUT2D eigenvalue weighted by Gasteiger charge is -2.57. The highest BCUT2D eigenvalue weighted by molar-refractivity contribution is 7.88. The van der Waals surface area contributed by atoms with E-state index >= 15 is 0 Å². The van der Waals surface area contributed by atoms with Gasteiger partial charge in [0.05, 0.1) is 6.26 Å². The molecule has 0 atom stereocenters. The minimum Gasteiger partial charge on any atom is -0.317 e. The zero-order chi connectivity index (χ0) is 10.4. The monoisotopic (exact) mass is 218 g/mol. The molecule has 0 radical (unpaired) electrons. The Morgan fingerprint density at radius 1 is 1.14 bits per heavy atom.